The number of nitrogens with one attached hydrogen (secondary N) is 1. The van der Waals surface area contributed by atoms with Crippen LogP contribution < -0.4 is 15.0 Å². The Morgan fingerprint density at radius 3 is 2.78 bits per heavy atom. The lowest BCUT2D eigenvalue weighted by molar-refractivity contribution is -0.123. The molecule has 0 aliphatic carbocycles. The molecule has 0 spiro atoms. The van der Waals surface area contributed by atoms with Crippen molar-refractivity contribution in [3.8, 4) is 5.75 Å². The van der Waals surface area contributed by atoms with Crippen LogP contribution in [-0.4, -0.2) is 26.1 Å². The molecule has 1 amide bonds. The maximum Gasteiger partial charge on any atom is 0.258 e. The number of carbonyl (C=O) groups excluding carboxylic acids is 1. The van der Waals surface area contributed by atoms with Gasteiger partial charge in [-0.2, -0.15) is 0 Å². The zero-order valence-corrected chi connectivity index (χ0v) is 13.7. The molecule has 0 saturated carbocycles. The number of anilines is 1. The summed E-state index contributed by atoms with van der Waals surface area (Å²) in [6.07, 6.45) is 0.889. The van der Waals surface area contributed by atoms with Crippen LogP contribution in [0, 0.1) is 0 Å². The number of para-hydroxylation sites is 1. The van der Waals surface area contributed by atoms with E-state index < -0.39 is 0 Å². The van der Waals surface area contributed by atoms with Gasteiger partial charge in [0.25, 0.3) is 5.91 Å². The van der Waals surface area contributed by atoms with Crippen molar-refractivity contribution >= 4 is 23.2 Å². The Bertz CT molecular complexity index is 688. The summed E-state index contributed by atoms with van der Waals surface area (Å²) >= 11 is 5.82. The Morgan fingerprint density at radius 2 is 2.00 bits per heavy atom. The lowest BCUT2D eigenvalue weighted by Gasteiger charge is -2.33. The molecule has 1 aliphatic heterocycles. The number of fused-ring (bicyclic) bond motifs is 1. The third kappa shape index (κ3) is 3.77. The minimum absolute atomic E-state index is 0.00383. The first-order valence-electron chi connectivity index (χ1n) is 7.61. The van der Waals surface area contributed by atoms with E-state index in [-0.39, 0.29) is 18.6 Å². The molecule has 2 aromatic rings. The van der Waals surface area contributed by atoms with Crippen LogP contribution in [0.2, 0.25) is 5.02 Å². The first-order chi connectivity index (χ1) is 11.1. The van der Waals surface area contributed by atoms with Crippen LogP contribution in [0.1, 0.15) is 18.0 Å². The quantitative estimate of drug-likeness (QED) is 0.934. The lowest BCUT2D eigenvalue weighted by Crippen LogP contribution is -2.38. The Balaban J connectivity index is 1.60. The number of benzene rings is 2. The van der Waals surface area contributed by atoms with Gasteiger partial charge >= 0.3 is 0 Å². The van der Waals surface area contributed by atoms with Gasteiger partial charge in [-0.1, -0.05) is 29.8 Å². The summed E-state index contributed by atoms with van der Waals surface area (Å²) in [5.74, 6) is 0.512. The van der Waals surface area contributed by atoms with Gasteiger partial charge < -0.3 is 15.0 Å². The number of hydrogen-bond donors (Lipinski definition) is 1. The van der Waals surface area contributed by atoms with Crippen molar-refractivity contribution in [2.45, 2.75) is 12.5 Å². The van der Waals surface area contributed by atoms with Crippen molar-refractivity contribution in [2.75, 3.05) is 25.1 Å². The molecule has 4 nitrogen and oxygen atoms in total. The van der Waals surface area contributed by atoms with Gasteiger partial charge in [-0.3, -0.25) is 4.79 Å². The summed E-state index contributed by atoms with van der Waals surface area (Å²) in [5, 5.41) is 3.70. The van der Waals surface area contributed by atoms with E-state index in [4.69, 9.17) is 16.3 Å². The van der Waals surface area contributed by atoms with E-state index in [9.17, 15) is 4.79 Å². The number of nitrogens with zero attached hydrogens (tertiary/aromatic N) is 1. The van der Waals surface area contributed by atoms with Crippen molar-refractivity contribution in [1.82, 2.24) is 5.32 Å². The summed E-state index contributed by atoms with van der Waals surface area (Å²) in [5.41, 5.74) is 2.32. The van der Waals surface area contributed by atoms with Crippen molar-refractivity contribution in [1.29, 1.82) is 0 Å². The highest BCUT2D eigenvalue weighted by molar-refractivity contribution is 6.30. The van der Waals surface area contributed by atoms with Crippen molar-refractivity contribution < 1.29 is 9.53 Å². The molecular weight excluding hydrogens is 312 g/mol. The van der Waals surface area contributed by atoms with Crippen LogP contribution in [0.3, 0.4) is 0 Å². The summed E-state index contributed by atoms with van der Waals surface area (Å²) in [6.45, 7) is 0.913. The molecule has 1 heterocycles. The first kappa shape index (κ1) is 15.7. The number of rotatable bonds is 4. The second-order valence-corrected chi connectivity index (χ2v) is 6.07. The minimum Gasteiger partial charge on any atom is -0.484 e. The number of amides is 1. The van der Waals surface area contributed by atoms with Gasteiger partial charge in [0.15, 0.2) is 6.61 Å². The van der Waals surface area contributed by atoms with Gasteiger partial charge in [-0.15, -0.1) is 0 Å². The predicted octanol–water partition coefficient (Wildman–Crippen LogP) is 3.42. The molecular formula is C18H19ClN2O2. The molecule has 0 fully saturated rings. The average molecular weight is 331 g/mol. The maximum absolute atomic E-state index is 12.2. The van der Waals surface area contributed by atoms with Crippen molar-refractivity contribution in [3.63, 3.8) is 0 Å². The highest BCUT2D eigenvalue weighted by atomic mass is 35.5. The summed E-state index contributed by atoms with van der Waals surface area (Å²) < 4.78 is 5.49. The smallest absolute Gasteiger partial charge is 0.258 e. The second kappa shape index (κ2) is 6.92. The largest absolute Gasteiger partial charge is 0.484 e. The van der Waals surface area contributed by atoms with Crippen LogP contribution in [-0.2, 0) is 4.79 Å². The molecule has 1 atom stereocenters. The molecule has 1 unspecified atom stereocenters. The Kier molecular flexibility index (Phi) is 4.72. The summed E-state index contributed by atoms with van der Waals surface area (Å²) in [4.78, 5) is 14.4. The third-order valence-corrected chi connectivity index (χ3v) is 4.25. The van der Waals surface area contributed by atoms with Crippen LogP contribution in [0.5, 0.6) is 5.75 Å². The zero-order valence-electron chi connectivity index (χ0n) is 13.0. The molecule has 0 radical (unpaired) electrons. The van der Waals surface area contributed by atoms with E-state index in [1.54, 1.807) is 24.3 Å². The Morgan fingerprint density at radius 1 is 1.26 bits per heavy atom. The summed E-state index contributed by atoms with van der Waals surface area (Å²) in [6, 6.07) is 15.2. The first-order valence-corrected chi connectivity index (χ1v) is 7.99. The van der Waals surface area contributed by atoms with E-state index in [1.165, 1.54) is 5.69 Å². The molecule has 2 aromatic carbocycles. The molecule has 1 aliphatic rings. The zero-order chi connectivity index (χ0) is 16.2. The predicted molar refractivity (Wildman–Crippen MR) is 92.2 cm³/mol. The monoisotopic (exact) mass is 330 g/mol. The number of halogens is 1. The van der Waals surface area contributed by atoms with Gasteiger partial charge in [-0.25, -0.2) is 0 Å². The van der Waals surface area contributed by atoms with Gasteiger partial charge in [-0.05, 0) is 42.3 Å². The maximum atomic E-state index is 12.2. The topological polar surface area (TPSA) is 41.6 Å². The molecule has 0 bridgehead atoms. The number of carbonyl (C=O) groups is 1. The van der Waals surface area contributed by atoms with Crippen LogP contribution in [0.15, 0.2) is 48.5 Å². The fourth-order valence-corrected chi connectivity index (χ4v) is 2.92. The fourth-order valence-electron chi connectivity index (χ4n) is 2.79. The van der Waals surface area contributed by atoms with Gasteiger partial charge in [0, 0.05) is 24.3 Å². The van der Waals surface area contributed by atoms with Gasteiger partial charge in [0.2, 0.25) is 0 Å². The highest BCUT2D eigenvalue weighted by Crippen LogP contribution is 2.32. The molecule has 5 heteroatoms. The van der Waals surface area contributed by atoms with Crippen molar-refractivity contribution in [3.05, 3.63) is 59.1 Å². The summed E-state index contributed by atoms with van der Waals surface area (Å²) in [7, 11) is 2.07. The highest BCUT2D eigenvalue weighted by Gasteiger charge is 2.24. The van der Waals surface area contributed by atoms with Crippen LogP contribution in [0.25, 0.3) is 0 Å². The number of ether oxygens (including phenoxy) is 1. The number of hydrogen-bond acceptors (Lipinski definition) is 3. The van der Waals surface area contributed by atoms with E-state index in [1.807, 2.05) is 12.1 Å². The molecule has 0 aromatic heterocycles. The van der Waals surface area contributed by atoms with Crippen molar-refractivity contribution in [2.24, 2.45) is 0 Å². The molecule has 1 N–H and O–H groups in total. The van der Waals surface area contributed by atoms with E-state index >= 15 is 0 Å². The van der Waals surface area contributed by atoms with Crippen LogP contribution >= 0.6 is 11.6 Å². The third-order valence-electron chi connectivity index (χ3n) is 4.00. The standard InChI is InChI=1S/C18H19ClN2O2/c1-21-11-10-16(15-4-2-3-5-17(15)21)20-18(22)12-23-14-8-6-13(19)7-9-14/h2-9,16H,10-12H2,1H3,(H,20,22). The SMILES string of the molecule is CN1CCC(NC(=O)COc2ccc(Cl)cc2)c2ccccc21. The molecule has 0 saturated heterocycles. The second-order valence-electron chi connectivity index (χ2n) is 5.63. The van der Waals surface area contributed by atoms with E-state index in [0.717, 1.165) is 18.5 Å². The van der Waals surface area contributed by atoms with Crippen LogP contribution in [0.4, 0.5) is 5.69 Å². The minimum atomic E-state index is -0.121. The Hall–Kier alpha value is -2.20. The fraction of sp³-hybridized carbons (Fsp3) is 0.278. The van der Waals surface area contributed by atoms with E-state index in [0.29, 0.717) is 10.8 Å². The lowest BCUT2D eigenvalue weighted by atomic mass is 9.97. The Labute approximate surface area is 141 Å². The van der Waals surface area contributed by atoms with Gasteiger partial charge in [0.05, 0.1) is 6.04 Å². The van der Waals surface area contributed by atoms with Gasteiger partial charge in [0.1, 0.15) is 5.75 Å². The normalized spacial score (nSPS) is 16.6. The molecule has 3 rings (SSSR count). The van der Waals surface area contributed by atoms with E-state index in [2.05, 4.69) is 29.4 Å². The molecule has 23 heavy (non-hydrogen) atoms. The average Bonchev–Trinajstić information content (AvgIpc) is 2.57. The molecule has 120 valence electrons.